The van der Waals surface area contributed by atoms with Crippen molar-refractivity contribution in [3.05, 3.63) is 59.7 Å². The maximum Gasteiger partial charge on any atom is 0.264 e. The summed E-state index contributed by atoms with van der Waals surface area (Å²) in [5, 5.41) is 2.81. The van der Waals surface area contributed by atoms with Gasteiger partial charge in [-0.1, -0.05) is 56.2 Å². The normalized spacial score (nSPS) is 11.2. The Labute approximate surface area is 162 Å². The van der Waals surface area contributed by atoms with Gasteiger partial charge in [0.2, 0.25) is 5.91 Å². The molecule has 1 amide bonds. The van der Waals surface area contributed by atoms with E-state index in [2.05, 4.69) is 5.32 Å². The summed E-state index contributed by atoms with van der Waals surface area (Å²) >= 11 is 0. The number of nitrogens with zero attached hydrogens (tertiary/aromatic N) is 1. The van der Waals surface area contributed by atoms with Crippen molar-refractivity contribution in [3.8, 4) is 0 Å². The summed E-state index contributed by atoms with van der Waals surface area (Å²) in [5.74, 6) is -0.301. The number of carbonyl (C=O) groups excluding carboxylic acids is 1. The Morgan fingerprint density at radius 1 is 1.04 bits per heavy atom. The Morgan fingerprint density at radius 3 is 2.33 bits per heavy atom. The third kappa shape index (κ3) is 5.32. The molecule has 0 heterocycles. The number of unbranched alkanes of at least 4 members (excludes halogenated alkanes) is 1. The molecule has 0 bridgehead atoms. The lowest BCUT2D eigenvalue weighted by Crippen LogP contribution is -2.41. The van der Waals surface area contributed by atoms with Gasteiger partial charge in [0.15, 0.2) is 0 Å². The Hall–Kier alpha value is -2.34. The molecule has 0 unspecified atom stereocenters. The van der Waals surface area contributed by atoms with Crippen LogP contribution in [-0.4, -0.2) is 27.4 Å². The van der Waals surface area contributed by atoms with Crippen LogP contribution in [0.2, 0.25) is 0 Å². The van der Waals surface area contributed by atoms with Crippen LogP contribution >= 0.6 is 0 Å². The maximum absolute atomic E-state index is 13.3. The van der Waals surface area contributed by atoms with E-state index < -0.39 is 10.0 Å². The van der Waals surface area contributed by atoms with Crippen molar-refractivity contribution in [1.82, 2.24) is 5.32 Å². The molecule has 1 N–H and O–H groups in total. The molecule has 0 spiro atoms. The molecular formula is C21H28N2O3S. The highest BCUT2D eigenvalue weighted by Gasteiger charge is 2.28. The molecule has 0 aliphatic rings. The molecule has 0 saturated heterocycles. The molecule has 0 radical (unpaired) electrons. The molecule has 6 heteroatoms. The van der Waals surface area contributed by atoms with Gasteiger partial charge in [0.05, 0.1) is 10.6 Å². The maximum atomic E-state index is 13.3. The van der Waals surface area contributed by atoms with E-state index in [1.165, 1.54) is 4.31 Å². The summed E-state index contributed by atoms with van der Waals surface area (Å²) in [6, 6.07) is 14.0. The number of nitrogens with one attached hydrogen (secondary N) is 1. The zero-order chi connectivity index (χ0) is 19.9. The first-order valence-corrected chi connectivity index (χ1v) is 10.8. The zero-order valence-corrected chi connectivity index (χ0v) is 17.1. The van der Waals surface area contributed by atoms with Crippen molar-refractivity contribution in [2.45, 2.75) is 44.9 Å². The van der Waals surface area contributed by atoms with Gasteiger partial charge in [-0.2, -0.15) is 0 Å². The summed E-state index contributed by atoms with van der Waals surface area (Å²) in [7, 11) is -3.86. The highest BCUT2D eigenvalue weighted by atomic mass is 32.2. The minimum atomic E-state index is -3.86. The highest BCUT2D eigenvalue weighted by molar-refractivity contribution is 7.92. The Morgan fingerprint density at radius 2 is 1.70 bits per heavy atom. The third-order valence-corrected chi connectivity index (χ3v) is 6.16. The molecule has 0 aliphatic heterocycles. The van der Waals surface area contributed by atoms with Gasteiger partial charge < -0.3 is 5.32 Å². The van der Waals surface area contributed by atoms with E-state index in [-0.39, 0.29) is 17.3 Å². The van der Waals surface area contributed by atoms with Crippen molar-refractivity contribution in [2.75, 3.05) is 17.4 Å². The van der Waals surface area contributed by atoms with E-state index >= 15 is 0 Å². The molecule has 0 saturated carbocycles. The van der Waals surface area contributed by atoms with E-state index in [1.807, 2.05) is 32.9 Å². The predicted molar refractivity (Wildman–Crippen MR) is 109 cm³/mol. The molecule has 2 aromatic rings. The summed E-state index contributed by atoms with van der Waals surface area (Å²) in [6.45, 7) is 6.22. The molecule has 2 aromatic carbocycles. The van der Waals surface area contributed by atoms with E-state index in [4.69, 9.17) is 0 Å². The minimum absolute atomic E-state index is 0.181. The van der Waals surface area contributed by atoms with Crippen LogP contribution in [0.4, 0.5) is 5.69 Å². The summed E-state index contributed by atoms with van der Waals surface area (Å²) in [4.78, 5) is 12.6. The largest absolute Gasteiger partial charge is 0.355 e. The fraction of sp³-hybridized carbons (Fsp3) is 0.381. The topological polar surface area (TPSA) is 66.5 Å². The first-order valence-electron chi connectivity index (χ1n) is 9.34. The molecule has 5 nitrogen and oxygen atoms in total. The van der Waals surface area contributed by atoms with Gasteiger partial charge in [-0.05, 0) is 43.5 Å². The third-order valence-electron chi connectivity index (χ3n) is 4.39. The van der Waals surface area contributed by atoms with Crippen LogP contribution in [0.5, 0.6) is 0 Å². The SMILES string of the molecule is CCCCNC(=O)CN(c1ccccc1CC)S(=O)(=O)c1ccc(C)cc1. The number of anilines is 1. The quantitative estimate of drug-likeness (QED) is 0.667. The van der Waals surface area contributed by atoms with Crippen LogP contribution in [0.1, 0.15) is 37.8 Å². The Balaban J connectivity index is 2.42. The van der Waals surface area contributed by atoms with E-state index in [1.54, 1.807) is 36.4 Å². The molecule has 146 valence electrons. The lowest BCUT2D eigenvalue weighted by atomic mass is 10.1. The number of benzene rings is 2. The average molecular weight is 389 g/mol. The Kier molecular flexibility index (Phi) is 7.42. The summed E-state index contributed by atoms with van der Waals surface area (Å²) in [5.41, 5.74) is 2.41. The molecule has 0 aromatic heterocycles. The number of hydrogen-bond donors (Lipinski definition) is 1. The van der Waals surface area contributed by atoms with Gasteiger partial charge in [-0.3, -0.25) is 9.10 Å². The predicted octanol–water partition coefficient (Wildman–Crippen LogP) is 3.67. The molecule has 0 atom stereocenters. The number of hydrogen-bond acceptors (Lipinski definition) is 3. The number of carbonyl (C=O) groups is 1. The van der Waals surface area contributed by atoms with Crippen molar-refractivity contribution < 1.29 is 13.2 Å². The Bertz CT molecular complexity index is 861. The summed E-state index contributed by atoms with van der Waals surface area (Å²) < 4.78 is 27.9. The lowest BCUT2D eigenvalue weighted by molar-refractivity contribution is -0.119. The van der Waals surface area contributed by atoms with E-state index in [0.717, 1.165) is 24.0 Å². The number of aryl methyl sites for hydroxylation is 2. The number of amides is 1. The van der Waals surface area contributed by atoms with Gasteiger partial charge in [-0.15, -0.1) is 0 Å². The van der Waals surface area contributed by atoms with Crippen LogP contribution in [0.3, 0.4) is 0 Å². The zero-order valence-electron chi connectivity index (χ0n) is 16.2. The molecule has 0 fully saturated rings. The van der Waals surface area contributed by atoms with Crippen LogP contribution < -0.4 is 9.62 Å². The number of sulfonamides is 1. The van der Waals surface area contributed by atoms with E-state index in [0.29, 0.717) is 18.7 Å². The fourth-order valence-corrected chi connectivity index (χ4v) is 4.24. The number of para-hydroxylation sites is 1. The molecule has 0 aliphatic carbocycles. The fourth-order valence-electron chi connectivity index (χ4n) is 2.78. The second kappa shape index (κ2) is 9.55. The standard InChI is InChI=1S/C21H28N2O3S/c1-4-6-15-22-21(24)16-23(20-10-8-7-9-18(20)5-2)27(25,26)19-13-11-17(3)12-14-19/h7-14H,4-6,15-16H2,1-3H3,(H,22,24). The van der Waals surface area contributed by atoms with Gasteiger partial charge in [-0.25, -0.2) is 8.42 Å². The number of rotatable bonds is 9. The van der Waals surface area contributed by atoms with Crippen molar-refractivity contribution in [2.24, 2.45) is 0 Å². The highest BCUT2D eigenvalue weighted by Crippen LogP contribution is 2.27. The van der Waals surface area contributed by atoms with Gasteiger partial charge in [0.1, 0.15) is 6.54 Å². The second-order valence-corrected chi connectivity index (χ2v) is 8.37. The monoisotopic (exact) mass is 388 g/mol. The molecule has 27 heavy (non-hydrogen) atoms. The van der Waals surface area contributed by atoms with Gasteiger partial charge in [0.25, 0.3) is 10.0 Å². The first-order chi connectivity index (χ1) is 12.9. The van der Waals surface area contributed by atoms with Crippen LogP contribution in [0, 0.1) is 6.92 Å². The lowest BCUT2D eigenvalue weighted by Gasteiger charge is -2.26. The average Bonchev–Trinajstić information content (AvgIpc) is 2.66. The van der Waals surface area contributed by atoms with Crippen LogP contribution in [0.25, 0.3) is 0 Å². The molecule has 2 rings (SSSR count). The van der Waals surface area contributed by atoms with Crippen molar-refractivity contribution >= 4 is 21.6 Å². The first kappa shape index (κ1) is 21.0. The van der Waals surface area contributed by atoms with Crippen molar-refractivity contribution in [3.63, 3.8) is 0 Å². The molecular weight excluding hydrogens is 360 g/mol. The summed E-state index contributed by atoms with van der Waals surface area (Å²) in [6.07, 6.45) is 2.50. The van der Waals surface area contributed by atoms with Crippen LogP contribution in [-0.2, 0) is 21.2 Å². The smallest absolute Gasteiger partial charge is 0.264 e. The minimum Gasteiger partial charge on any atom is -0.355 e. The van der Waals surface area contributed by atoms with Gasteiger partial charge in [0, 0.05) is 6.54 Å². The second-order valence-electron chi connectivity index (χ2n) is 6.51. The van der Waals surface area contributed by atoms with Crippen molar-refractivity contribution in [1.29, 1.82) is 0 Å². The van der Waals surface area contributed by atoms with Gasteiger partial charge >= 0.3 is 0 Å². The van der Waals surface area contributed by atoms with Crippen LogP contribution in [0.15, 0.2) is 53.4 Å². The van der Waals surface area contributed by atoms with E-state index in [9.17, 15) is 13.2 Å².